The van der Waals surface area contributed by atoms with Crippen molar-refractivity contribution in [2.45, 2.75) is 13.8 Å². The summed E-state index contributed by atoms with van der Waals surface area (Å²) < 4.78 is 0. The van der Waals surface area contributed by atoms with E-state index in [-0.39, 0.29) is 0 Å². The van der Waals surface area contributed by atoms with E-state index in [4.69, 9.17) is 0 Å². The molecule has 8 heavy (non-hydrogen) atoms. The van der Waals surface area contributed by atoms with E-state index < -0.39 is 0 Å². The van der Waals surface area contributed by atoms with E-state index in [2.05, 4.69) is 45.4 Å². The van der Waals surface area contributed by atoms with Crippen LogP contribution in [-0.2, 0) is 0 Å². The Bertz CT molecular complexity index is 28.0. The molecule has 0 aliphatic heterocycles. The van der Waals surface area contributed by atoms with Crippen molar-refractivity contribution in [1.82, 2.24) is 0 Å². The molecule has 0 saturated carbocycles. The molecule has 0 amide bonds. The summed E-state index contributed by atoms with van der Waals surface area (Å²) in [4.78, 5) is 1.62. The summed E-state index contributed by atoms with van der Waals surface area (Å²) in [6, 6.07) is 0. The fraction of sp³-hybridized carbons (Fsp3) is 1.00. The second-order valence-electron chi connectivity index (χ2n) is 0.864. The van der Waals surface area contributed by atoms with Gasteiger partial charge >= 0.3 is 0 Å². The lowest BCUT2D eigenvalue weighted by molar-refractivity contribution is 1.46. The molecule has 0 N–H and O–H groups in total. The van der Waals surface area contributed by atoms with Crippen LogP contribution in [0.1, 0.15) is 13.8 Å². The van der Waals surface area contributed by atoms with Gasteiger partial charge in [0.15, 0.2) is 0 Å². The Morgan fingerprint density at radius 1 is 1.25 bits per heavy atom. The van der Waals surface area contributed by atoms with Crippen LogP contribution in [0.2, 0.25) is 0 Å². The molecule has 0 aliphatic rings. The van der Waals surface area contributed by atoms with Gasteiger partial charge in [-0.25, -0.2) is 0 Å². The highest BCUT2D eigenvalue weighted by Crippen LogP contribution is 1.93. The number of thioether (sulfide) groups is 1. The Hall–Kier alpha value is 1.37. The molecule has 0 heterocycles. The van der Waals surface area contributed by atoms with Crippen LogP contribution in [-0.4, -0.2) is 16.4 Å². The minimum Gasteiger partial charge on any atom is -0.163 e. The van der Waals surface area contributed by atoms with Crippen LogP contribution in [0.25, 0.3) is 0 Å². The molecule has 0 nitrogen and oxygen atoms in total. The van der Waals surface area contributed by atoms with E-state index in [1.54, 1.807) is 4.93 Å². The molecule has 0 unspecified atom stereocenters. The quantitative estimate of drug-likeness (QED) is 0.688. The Morgan fingerprint density at radius 2 is 1.50 bits per heavy atom. The number of halogens is 2. The molecule has 0 bridgehead atoms. The van der Waals surface area contributed by atoms with Gasteiger partial charge < -0.3 is 0 Å². The van der Waals surface area contributed by atoms with Crippen molar-refractivity contribution in [3.63, 3.8) is 0 Å². The average molecular weight is 261 g/mol. The summed E-state index contributed by atoms with van der Waals surface area (Å²) in [6.45, 7) is 4.35. The van der Waals surface area contributed by atoms with E-state index in [9.17, 15) is 0 Å². The van der Waals surface area contributed by atoms with Crippen LogP contribution in [0.3, 0.4) is 0 Å². The zero-order valence-electron chi connectivity index (χ0n) is 5.16. The maximum Gasteiger partial charge on any atom is 0.294 e. The first-order chi connectivity index (χ1) is 3.83. The van der Waals surface area contributed by atoms with Crippen molar-refractivity contribution in [3.8, 4) is 0 Å². The normalized spacial score (nSPS) is 7.00. The molecule has 4 heteroatoms. The molecule has 0 fully saturated rings. The third-order valence-electron chi connectivity index (χ3n) is 0.408. The largest absolute Gasteiger partial charge is 0.294 e. The van der Waals surface area contributed by atoms with Crippen LogP contribution in [0.15, 0.2) is 0 Å². The predicted molar refractivity (Wildman–Crippen MR) is 52.3 cm³/mol. The zero-order chi connectivity index (χ0) is 6.83. The first kappa shape index (κ1) is 12.1. The van der Waals surface area contributed by atoms with Gasteiger partial charge in [-0.05, 0) is 11.5 Å². The van der Waals surface area contributed by atoms with Gasteiger partial charge in [-0.3, -0.25) is 0 Å². The average Bonchev–Trinajstić information content (AvgIpc) is 1.71. The molecule has 0 aromatic rings. The Morgan fingerprint density at radius 3 is 1.50 bits per heavy atom. The van der Waals surface area contributed by atoms with Gasteiger partial charge in [-0.15, -0.1) is 31.5 Å². The monoisotopic (exact) mass is 259 g/mol. The van der Waals surface area contributed by atoms with Crippen LogP contribution in [0.4, 0.5) is 0 Å². The predicted octanol–water partition coefficient (Wildman–Crippen LogP) is 3.07. The highest BCUT2D eigenvalue weighted by atomic mass is 79.9. The first-order valence-electron chi connectivity index (χ1n) is 2.43. The fourth-order valence-corrected chi connectivity index (χ4v) is 0.612. The minimum absolute atomic E-state index is 1.26. The standard InChI is InChI=1S/C4H10S.BBr2/c1-3-5-4-2;2-1-3/h3-4H2,1-2H3;. The Kier molecular flexibility index (Phi) is 23.8. The topological polar surface area (TPSA) is 0 Å². The minimum atomic E-state index is 1.26. The summed E-state index contributed by atoms with van der Waals surface area (Å²) in [5, 5.41) is 0. The number of rotatable bonds is 2. The van der Waals surface area contributed by atoms with E-state index in [1.807, 2.05) is 11.8 Å². The molecule has 0 spiro atoms. The summed E-state index contributed by atoms with van der Waals surface area (Å²) >= 11 is 7.84. The van der Waals surface area contributed by atoms with Gasteiger partial charge in [0.05, 0.1) is 0 Å². The van der Waals surface area contributed by atoms with Gasteiger partial charge in [0.25, 0.3) is 4.93 Å². The van der Waals surface area contributed by atoms with Crippen molar-refractivity contribution >= 4 is 48.2 Å². The summed E-state index contributed by atoms with van der Waals surface area (Å²) in [6.07, 6.45) is 0. The molecule has 49 valence electrons. The zero-order valence-corrected chi connectivity index (χ0v) is 9.14. The second-order valence-corrected chi connectivity index (χ2v) is 4.57. The van der Waals surface area contributed by atoms with Crippen LogP contribution in [0.5, 0.6) is 0 Å². The van der Waals surface area contributed by atoms with Crippen molar-refractivity contribution < 1.29 is 0 Å². The van der Waals surface area contributed by atoms with Gasteiger partial charge in [-0.2, -0.15) is 11.8 Å². The lowest BCUT2D eigenvalue weighted by atomic mass is 10.8. The lowest BCUT2D eigenvalue weighted by Crippen LogP contribution is -1.64. The first-order valence-corrected chi connectivity index (χ1v) is 5.41. The molecule has 0 rings (SSSR count). The maximum absolute atomic E-state index is 2.94. The van der Waals surface area contributed by atoms with Crippen LogP contribution >= 0.6 is 43.3 Å². The SMILES string of the molecule is Br[B]Br.CCSCC. The molecule has 1 radical (unpaired) electrons. The third-order valence-corrected chi connectivity index (χ3v) is 1.22. The van der Waals surface area contributed by atoms with Gasteiger partial charge in [0.2, 0.25) is 0 Å². The Balaban J connectivity index is 0. The highest BCUT2D eigenvalue weighted by molar-refractivity contribution is 9.47. The van der Waals surface area contributed by atoms with E-state index in [0.29, 0.717) is 0 Å². The summed E-state index contributed by atoms with van der Waals surface area (Å²) in [7, 11) is 0. The van der Waals surface area contributed by atoms with Crippen molar-refractivity contribution in [1.29, 1.82) is 0 Å². The second kappa shape index (κ2) is 15.8. The van der Waals surface area contributed by atoms with Crippen molar-refractivity contribution in [3.05, 3.63) is 0 Å². The fourth-order valence-electron chi connectivity index (χ4n) is 0.204. The highest BCUT2D eigenvalue weighted by Gasteiger charge is 1.67. The lowest BCUT2D eigenvalue weighted by Gasteiger charge is -1.80. The van der Waals surface area contributed by atoms with Crippen LogP contribution < -0.4 is 0 Å². The van der Waals surface area contributed by atoms with Crippen molar-refractivity contribution in [2.24, 2.45) is 0 Å². The van der Waals surface area contributed by atoms with E-state index in [1.165, 1.54) is 11.5 Å². The molecular formula is C4H10BBr2S. The Labute approximate surface area is 73.4 Å². The number of hydrogen-bond acceptors (Lipinski definition) is 1. The summed E-state index contributed by atoms with van der Waals surface area (Å²) in [5.41, 5.74) is 0. The maximum atomic E-state index is 2.94. The summed E-state index contributed by atoms with van der Waals surface area (Å²) in [5.74, 6) is 2.52. The van der Waals surface area contributed by atoms with Crippen LogP contribution in [0, 0.1) is 0 Å². The van der Waals surface area contributed by atoms with Crippen molar-refractivity contribution in [2.75, 3.05) is 11.5 Å². The smallest absolute Gasteiger partial charge is 0.163 e. The molecule has 0 atom stereocenters. The van der Waals surface area contributed by atoms with Gasteiger partial charge in [0, 0.05) is 0 Å². The molecule has 0 saturated heterocycles. The molecule has 0 aromatic heterocycles. The van der Waals surface area contributed by atoms with Gasteiger partial charge in [0.1, 0.15) is 0 Å². The number of hydrogen-bond donors (Lipinski definition) is 0. The van der Waals surface area contributed by atoms with E-state index >= 15 is 0 Å². The molecule has 0 aromatic carbocycles. The van der Waals surface area contributed by atoms with Gasteiger partial charge in [-0.1, -0.05) is 13.8 Å². The molecular weight excluding hydrogens is 251 g/mol. The van der Waals surface area contributed by atoms with E-state index in [0.717, 1.165) is 0 Å². The third kappa shape index (κ3) is 26.3. The molecule has 0 aliphatic carbocycles.